The number of halogens is 1. The summed E-state index contributed by atoms with van der Waals surface area (Å²) in [5.74, 6) is -0.765. The first kappa shape index (κ1) is 16.4. The van der Waals surface area contributed by atoms with E-state index in [0.717, 1.165) is 25.7 Å². The third kappa shape index (κ3) is 9.15. The van der Waals surface area contributed by atoms with Crippen LogP contribution >= 0.6 is 15.9 Å². The van der Waals surface area contributed by atoms with Crippen LogP contribution in [0.1, 0.15) is 46.0 Å². The fraction of sp³-hybridized carbons (Fsp3) is 0.833. The Morgan fingerprint density at radius 3 is 2.12 bits per heavy atom. The van der Waals surface area contributed by atoms with E-state index in [0.29, 0.717) is 13.2 Å². The third-order valence-corrected chi connectivity index (χ3v) is 2.80. The molecule has 0 radical (unpaired) electrons. The lowest BCUT2D eigenvalue weighted by atomic mass is 10.3. The van der Waals surface area contributed by atoms with Gasteiger partial charge in [0.25, 0.3) is 0 Å². The van der Waals surface area contributed by atoms with Crippen LogP contribution in [0, 0.1) is 0 Å². The van der Waals surface area contributed by atoms with Gasteiger partial charge < -0.3 is 9.47 Å². The van der Waals surface area contributed by atoms with Crippen molar-refractivity contribution < 1.29 is 19.1 Å². The molecule has 0 aliphatic heterocycles. The molecule has 0 saturated heterocycles. The van der Waals surface area contributed by atoms with E-state index in [2.05, 4.69) is 15.9 Å². The molecule has 5 heteroatoms. The largest absolute Gasteiger partial charge is 0.466 e. The van der Waals surface area contributed by atoms with E-state index in [1.807, 2.05) is 13.8 Å². The lowest BCUT2D eigenvalue weighted by Gasteiger charge is -2.09. The summed E-state index contributed by atoms with van der Waals surface area (Å²) in [5, 5.41) is 0. The minimum atomic E-state index is -0.603. The molecule has 0 fully saturated rings. The van der Waals surface area contributed by atoms with Crippen LogP contribution in [0.4, 0.5) is 0 Å². The van der Waals surface area contributed by atoms with Crippen LogP contribution in [0.15, 0.2) is 0 Å². The first-order valence-electron chi connectivity index (χ1n) is 6.08. The van der Waals surface area contributed by atoms with Gasteiger partial charge in [-0.05, 0) is 12.8 Å². The Balaban J connectivity index is 3.71. The molecule has 0 amide bonds. The molecule has 0 aromatic carbocycles. The molecule has 0 saturated carbocycles. The fourth-order valence-electron chi connectivity index (χ4n) is 1.03. The number of unbranched alkanes of at least 4 members (excludes halogenated alkanes) is 2. The van der Waals surface area contributed by atoms with Crippen molar-refractivity contribution in [2.75, 3.05) is 13.2 Å². The second-order valence-electron chi connectivity index (χ2n) is 3.77. The van der Waals surface area contributed by atoms with Gasteiger partial charge in [0.15, 0.2) is 0 Å². The van der Waals surface area contributed by atoms with Crippen LogP contribution in [0.25, 0.3) is 0 Å². The zero-order chi connectivity index (χ0) is 13.1. The average Bonchev–Trinajstić information content (AvgIpc) is 2.29. The highest BCUT2D eigenvalue weighted by atomic mass is 79.9. The molecular formula is C12H21BrO4. The van der Waals surface area contributed by atoms with Crippen molar-refractivity contribution >= 4 is 27.9 Å². The Kier molecular flexibility index (Phi) is 10.2. The summed E-state index contributed by atoms with van der Waals surface area (Å²) >= 11 is 3.13. The Bertz CT molecular complexity index is 231. The standard InChI is InChI=1S/C12H21BrO4/c1-3-5-7-16-11(14)9-10(13)12(15)17-8-6-4-2/h10H,3-9H2,1-2H3. The van der Waals surface area contributed by atoms with Crippen molar-refractivity contribution in [3.05, 3.63) is 0 Å². The van der Waals surface area contributed by atoms with E-state index >= 15 is 0 Å². The molecule has 0 aliphatic carbocycles. The summed E-state index contributed by atoms with van der Waals surface area (Å²) in [6.45, 7) is 4.86. The Hall–Kier alpha value is -0.580. The van der Waals surface area contributed by atoms with Crippen molar-refractivity contribution in [1.82, 2.24) is 0 Å². The molecule has 100 valence electrons. The summed E-state index contributed by atoms with van der Waals surface area (Å²) in [5.41, 5.74) is 0. The zero-order valence-corrected chi connectivity index (χ0v) is 12.1. The predicted octanol–water partition coefficient (Wildman–Crippen LogP) is 2.83. The molecular weight excluding hydrogens is 288 g/mol. The zero-order valence-electron chi connectivity index (χ0n) is 10.5. The maximum absolute atomic E-state index is 11.4. The summed E-state index contributed by atoms with van der Waals surface area (Å²) in [6.07, 6.45) is 3.66. The Morgan fingerprint density at radius 1 is 1.06 bits per heavy atom. The van der Waals surface area contributed by atoms with Gasteiger partial charge in [-0.15, -0.1) is 0 Å². The highest BCUT2D eigenvalue weighted by molar-refractivity contribution is 9.10. The molecule has 17 heavy (non-hydrogen) atoms. The van der Waals surface area contributed by atoms with E-state index in [9.17, 15) is 9.59 Å². The normalized spacial score (nSPS) is 11.9. The third-order valence-electron chi connectivity index (χ3n) is 2.10. The number of rotatable bonds is 9. The number of hydrogen-bond acceptors (Lipinski definition) is 4. The maximum Gasteiger partial charge on any atom is 0.320 e. The van der Waals surface area contributed by atoms with Gasteiger partial charge in [0, 0.05) is 0 Å². The predicted molar refractivity (Wildman–Crippen MR) is 69.1 cm³/mol. The van der Waals surface area contributed by atoms with E-state index in [4.69, 9.17) is 9.47 Å². The molecule has 0 bridgehead atoms. The molecule has 4 nitrogen and oxygen atoms in total. The van der Waals surface area contributed by atoms with Gasteiger partial charge in [-0.2, -0.15) is 0 Å². The number of hydrogen-bond donors (Lipinski definition) is 0. The monoisotopic (exact) mass is 308 g/mol. The van der Waals surface area contributed by atoms with Gasteiger partial charge in [-0.1, -0.05) is 42.6 Å². The number of alkyl halides is 1. The van der Waals surface area contributed by atoms with E-state index in [1.165, 1.54) is 0 Å². The number of esters is 2. The minimum absolute atomic E-state index is 0.0225. The van der Waals surface area contributed by atoms with Crippen molar-refractivity contribution in [3.63, 3.8) is 0 Å². The molecule has 0 aromatic heterocycles. The van der Waals surface area contributed by atoms with E-state index < -0.39 is 10.8 Å². The summed E-state index contributed by atoms with van der Waals surface area (Å²) in [7, 11) is 0. The van der Waals surface area contributed by atoms with Gasteiger partial charge in [-0.25, -0.2) is 0 Å². The van der Waals surface area contributed by atoms with Gasteiger partial charge in [-0.3, -0.25) is 9.59 Å². The van der Waals surface area contributed by atoms with Crippen LogP contribution < -0.4 is 0 Å². The summed E-state index contributed by atoms with van der Waals surface area (Å²) in [6, 6.07) is 0. The number of carbonyl (C=O) groups excluding carboxylic acids is 2. The molecule has 0 rings (SSSR count). The van der Waals surface area contributed by atoms with E-state index in [1.54, 1.807) is 0 Å². The van der Waals surface area contributed by atoms with Gasteiger partial charge >= 0.3 is 11.9 Å². The molecule has 0 heterocycles. The lowest BCUT2D eigenvalue weighted by molar-refractivity contribution is -0.149. The van der Waals surface area contributed by atoms with Crippen molar-refractivity contribution in [2.45, 2.75) is 50.8 Å². The van der Waals surface area contributed by atoms with Gasteiger partial charge in [0.2, 0.25) is 0 Å². The summed E-state index contributed by atoms with van der Waals surface area (Å²) in [4.78, 5) is 22.1. The number of ether oxygens (including phenoxy) is 2. The average molecular weight is 309 g/mol. The van der Waals surface area contributed by atoms with Gasteiger partial charge in [0.05, 0.1) is 19.6 Å². The Morgan fingerprint density at radius 2 is 1.59 bits per heavy atom. The number of carbonyl (C=O) groups is 2. The molecule has 0 N–H and O–H groups in total. The molecule has 0 aliphatic rings. The fourth-order valence-corrected chi connectivity index (χ4v) is 1.42. The van der Waals surface area contributed by atoms with Crippen molar-refractivity contribution in [1.29, 1.82) is 0 Å². The van der Waals surface area contributed by atoms with Crippen molar-refractivity contribution in [2.24, 2.45) is 0 Å². The molecule has 1 atom stereocenters. The highest BCUT2D eigenvalue weighted by Gasteiger charge is 2.20. The molecule has 0 spiro atoms. The molecule has 1 unspecified atom stereocenters. The quantitative estimate of drug-likeness (QED) is 0.373. The second kappa shape index (κ2) is 10.6. The van der Waals surface area contributed by atoms with Crippen LogP contribution in [-0.4, -0.2) is 30.0 Å². The van der Waals surface area contributed by atoms with Crippen molar-refractivity contribution in [3.8, 4) is 0 Å². The second-order valence-corrected chi connectivity index (χ2v) is 4.87. The highest BCUT2D eigenvalue weighted by Crippen LogP contribution is 2.09. The lowest BCUT2D eigenvalue weighted by Crippen LogP contribution is -2.22. The van der Waals surface area contributed by atoms with Crippen LogP contribution in [-0.2, 0) is 19.1 Å². The first-order valence-corrected chi connectivity index (χ1v) is 6.99. The summed E-state index contributed by atoms with van der Waals surface area (Å²) < 4.78 is 9.93. The first-order chi connectivity index (χ1) is 8.11. The van der Waals surface area contributed by atoms with E-state index in [-0.39, 0.29) is 12.4 Å². The van der Waals surface area contributed by atoms with Crippen LogP contribution in [0.5, 0.6) is 0 Å². The maximum atomic E-state index is 11.4. The SMILES string of the molecule is CCCCOC(=O)CC(Br)C(=O)OCCCC. The smallest absolute Gasteiger partial charge is 0.320 e. The minimum Gasteiger partial charge on any atom is -0.466 e. The van der Waals surface area contributed by atoms with Crippen LogP contribution in [0.2, 0.25) is 0 Å². The Labute approximate surface area is 111 Å². The topological polar surface area (TPSA) is 52.6 Å². The molecule has 0 aromatic rings. The van der Waals surface area contributed by atoms with Gasteiger partial charge in [0.1, 0.15) is 4.83 Å². The van der Waals surface area contributed by atoms with Crippen LogP contribution in [0.3, 0.4) is 0 Å².